The van der Waals surface area contributed by atoms with Crippen LogP contribution in [-0.4, -0.2) is 19.5 Å². The highest BCUT2D eigenvalue weighted by Crippen LogP contribution is 2.52. The number of hydrogen-bond donors (Lipinski definition) is 1. The van der Waals surface area contributed by atoms with Gasteiger partial charge in [0.1, 0.15) is 0 Å². The minimum atomic E-state index is -0.452. The largest absolute Gasteiger partial charge is 0.314 e. The molecule has 3 heteroatoms. The first-order valence-electron chi connectivity index (χ1n) is 7.41. The molecule has 0 saturated carbocycles. The number of nitrogens with zero attached hydrogens (tertiary/aromatic N) is 1. The highest BCUT2D eigenvalue weighted by molar-refractivity contribution is 6.08. The Morgan fingerprint density at radius 2 is 1.81 bits per heavy atom. The Bertz CT molecular complexity index is 697. The van der Waals surface area contributed by atoms with Crippen molar-refractivity contribution in [2.75, 3.05) is 18.5 Å². The monoisotopic (exact) mass is 278 g/mol. The average molecular weight is 278 g/mol. The van der Waals surface area contributed by atoms with Crippen LogP contribution < -0.4 is 10.2 Å². The van der Waals surface area contributed by atoms with Gasteiger partial charge in [-0.2, -0.15) is 0 Å². The van der Waals surface area contributed by atoms with Gasteiger partial charge in [-0.1, -0.05) is 48.5 Å². The number of amides is 1. The second-order valence-electron chi connectivity index (χ2n) is 5.90. The van der Waals surface area contributed by atoms with Crippen molar-refractivity contribution in [2.45, 2.75) is 17.9 Å². The first kappa shape index (κ1) is 12.6. The first-order valence-corrected chi connectivity index (χ1v) is 7.41. The molecule has 0 radical (unpaired) electrons. The van der Waals surface area contributed by atoms with Crippen LogP contribution in [0.1, 0.15) is 23.6 Å². The minimum absolute atomic E-state index is 0.0531. The van der Waals surface area contributed by atoms with Gasteiger partial charge in [0.25, 0.3) is 0 Å². The van der Waals surface area contributed by atoms with Crippen molar-refractivity contribution in [1.29, 1.82) is 0 Å². The van der Waals surface area contributed by atoms with Gasteiger partial charge in [0, 0.05) is 12.7 Å². The molecule has 0 aliphatic carbocycles. The lowest BCUT2D eigenvalue weighted by Crippen LogP contribution is -2.42. The summed E-state index contributed by atoms with van der Waals surface area (Å²) in [6.07, 6.45) is 0.854. The summed E-state index contributed by atoms with van der Waals surface area (Å²) in [6.45, 7) is 0.869. The lowest BCUT2D eigenvalue weighted by Gasteiger charge is -2.30. The molecular weight excluding hydrogens is 260 g/mol. The topological polar surface area (TPSA) is 32.3 Å². The van der Waals surface area contributed by atoms with Gasteiger partial charge in [-0.25, -0.2) is 0 Å². The summed E-state index contributed by atoms with van der Waals surface area (Å²) in [5, 5.41) is 3.55. The van der Waals surface area contributed by atoms with Crippen LogP contribution in [0.2, 0.25) is 0 Å². The summed E-state index contributed by atoms with van der Waals surface area (Å²) < 4.78 is 0. The maximum atomic E-state index is 13.1. The van der Waals surface area contributed by atoms with Crippen LogP contribution in [-0.2, 0) is 10.2 Å². The van der Waals surface area contributed by atoms with Crippen LogP contribution in [0.4, 0.5) is 5.69 Å². The number of nitrogens with one attached hydrogen (secondary N) is 1. The van der Waals surface area contributed by atoms with Crippen LogP contribution in [0.3, 0.4) is 0 Å². The van der Waals surface area contributed by atoms with E-state index in [9.17, 15) is 4.79 Å². The van der Waals surface area contributed by atoms with Gasteiger partial charge in [0.15, 0.2) is 0 Å². The van der Waals surface area contributed by atoms with Gasteiger partial charge in [-0.15, -0.1) is 0 Å². The lowest BCUT2D eigenvalue weighted by molar-refractivity contribution is -0.123. The zero-order valence-electron chi connectivity index (χ0n) is 12.0. The van der Waals surface area contributed by atoms with Crippen molar-refractivity contribution in [1.82, 2.24) is 5.32 Å². The van der Waals surface area contributed by atoms with Crippen molar-refractivity contribution < 1.29 is 4.79 Å². The standard InChI is InChI=1S/C18H18N2O/c1-20-15-10-6-5-9-14(15)18(17(20)21)11-12-19-16(18)13-7-3-2-4-8-13/h2-10,16,19H,11-12H2,1H3/t16-,18+/m1/s1. The van der Waals surface area contributed by atoms with E-state index in [0.717, 1.165) is 24.2 Å². The molecule has 1 N–H and O–H groups in total. The van der Waals surface area contributed by atoms with Crippen molar-refractivity contribution >= 4 is 11.6 Å². The number of likely N-dealkylation sites (N-methyl/N-ethyl adjacent to an activating group) is 1. The molecule has 1 fully saturated rings. The summed E-state index contributed by atoms with van der Waals surface area (Å²) in [6, 6.07) is 18.6. The van der Waals surface area contributed by atoms with Crippen LogP contribution in [0.15, 0.2) is 54.6 Å². The van der Waals surface area contributed by atoms with Crippen LogP contribution in [0.5, 0.6) is 0 Å². The predicted octanol–water partition coefficient (Wildman–Crippen LogP) is 2.64. The minimum Gasteiger partial charge on any atom is -0.314 e. The number of carbonyl (C=O) groups excluding carboxylic acids is 1. The highest BCUT2D eigenvalue weighted by Gasteiger charge is 2.57. The quantitative estimate of drug-likeness (QED) is 0.869. The number of para-hydroxylation sites is 1. The molecule has 2 aliphatic heterocycles. The number of hydrogen-bond acceptors (Lipinski definition) is 2. The number of rotatable bonds is 1. The Balaban J connectivity index is 1.92. The number of carbonyl (C=O) groups is 1. The lowest BCUT2D eigenvalue weighted by atomic mass is 9.73. The predicted molar refractivity (Wildman–Crippen MR) is 83.3 cm³/mol. The molecule has 1 saturated heterocycles. The van der Waals surface area contributed by atoms with E-state index in [1.54, 1.807) is 0 Å². The summed E-state index contributed by atoms with van der Waals surface area (Å²) >= 11 is 0. The molecule has 2 heterocycles. The Morgan fingerprint density at radius 1 is 1.10 bits per heavy atom. The van der Waals surface area contributed by atoms with Crippen LogP contribution >= 0.6 is 0 Å². The summed E-state index contributed by atoms with van der Waals surface area (Å²) in [4.78, 5) is 14.9. The van der Waals surface area contributed by atoms with E-state index in [-0.39, 0.29) is 11.9 Å². The molecule has 1 amide bonds. The van der Waals surface area contributed by atoms with Gasteiger partial charge in [0.05, 0.1) is 11.5 Å². The Morgan fingerprint density at radius 3 is 2.62 bits per heavy atom. The van der Waals surface area contributed by atoms with Crippen molar-refractivity contribution in [3.05, 3.63) is 65.7 Å². The highest BCUT2D eigenvalue weighted by atomic mass is 16.2. The van der Waals surface area contributed by atoms with E-state index in [2.05, 4.69) is 23.5 Å². The Hall–Kier alpha value is -2.13. The van der Waals surface area contributed by atoms with E-state index in [1.165, 1.54) is 5.56 Å². The second kappa shape index (κ2) is 4.43. The summed E-state index contributed by atoms with van der Waals surface area (Å²) in [7, 11) is 1.89. The molecule has 106 valence electrons. The third-order valence-corrected chi connectivity index (χ3v) is 4.93. The SMILES string of the molecule is CN1C(=O)[C@@]2(CCN[C@@H]2c2ccccc2)c2ccccc21. The third-order valence-electron chi connectivity index (χ3n) is 4.93. The maximum Gasteiger partial charge on any atom is 0.239 e. The fourth-order valence-corrected chi connectivity index (χ4v) is 3.97. The molecule has 0 bridgehead atoms. The van der Waals surface area contributed by atoms with Crippen LogP contribution in [0.25, 0.3) is 0 Å². The number of anilines is 1. The summed E-state index contributed by atoms with van der Waals surface area (Å²) in [5.41, 5.74) is 2.95. The van der Waals surface area contributed by atoms with Crippen LogP contribution in [0, 0.1) is 0 Å². The fraction of sp³-hybridized carbons (Fsp3) is 0.278. The smallest absolute Gasteiger partial charge is 0.239 e. The van der Waals surface area contributed by atoms with Crippen molar-refractivity contribution in [3.8, 4) is 0 Å². The molecule has 4 rings (SSSR count). The Kier molecular flexibility index (Phi) is 2.66. The van der Waals surface area contributed by atoms with Gasteiger partial charge >= 0.3 is 0 Å². The molecule has 2 aromatic rings. The number of benzene rings is 2. The van der Waals surface area contributed by atoms with E-state index in [0.29, 0.717) is 0 Å². The van der Waals surface area contributed by atoms with Gasteiger partial charge < -0.3 is 10.2 Å². The molecule has 1 spiro atoms. The van der Waals surface area contributed by atoms with E-state index >= 15 is 0 Å². The molecule has 2 aliphatic rings. The molecule has 0 aromatic heterocycles. The first-order chi connectivity index (χ1) is 10.2. The van der Waals surface area contributed by atoms with E-state index < -0.39 is 5.41 Å². The van der Waals surface area contributed by atoms with Gasteiger partial charge in [-0.05, 0) is 30.2 Å². The van der Waals surface area contributed by atoms with Crippen molar-refractivity contribution in [3.63, 3.8) is 0 Å². The average Bonchev–Trinajstić information content (AvgIpc) is 3.07. The molecule has 2 aromatic carbocycles. The normalized spacial score (nSPS) is 27.4. The van der Waals surface area contributed by atoms with E-state index in [4.69, 9.17) is 0 Å². The molecule has 0 unspecified atom stereocenters. The molecular formula is C18H18N2O. The number of fused-ring (bicyclic) bond motifs is 2. The van der Waals surface area contributed by atoms with Gasteiger partial charge in [0.2, 0.25) is 5.91 Å². The summed E-state index contributed by atoms with van der Waals surface area (Å²) in [5.74, 6) is 0.211. The Labute approximate surface area is 124 Å². The van der Waals surface area contributed by atoms with Crippen molar-refractivity contribution in [2.24, 2.45) is 0 Å². The second-order valence-corrected chi connectivity index (χ2v) is 5.90. The molecule has 2 atom stereocenters. The van der Waals surface area contributed by atoms with E-state index in [1.807, 2.05) is 48.3 Å². The van der Waals surface area contributed by atoms with Gasteiger partial charge in [-0.3, -0.25) is 4.79 Å². The third kappa shape index (κ3) is 1.55. The maximum absolute atomic E-state index is 13.1. The fourth-order valence-electron chi connectivity index (χ4n) is 3.97. The molecule has 3 nitrogen and oxygen atoms in total. The zero-order chi connectivity index (χ0) is 14.4. The molecule has 21 heavy (non-hydrogen) atoms. The zero-order valence-corrected chi connectivity index (χ0v) is 12.0.